The largest absolute Gasteiger partial charge is 0.467 e. The summed E-state index contributed by atoms with van der Waals surface area (Å²) in [7, 11) is 0. The molecule has 1 amide bonds. The fourth-order valence-corrected chi connectivity index (χ4v) is 2.56. The first-order chi connectivity index (χ1) is 12.2. The SMILES string of the molecule is O=C(NC(CO)c1ccco1)c1ccccc1C(=O)c1ccccc1. The first-order valence-electron chi connectivity index (χ1n) is 7.84. The average Bonchev–Trinajstić information content (AvgIpc) is 3.20. The molecule has 0 aliphatic carbocycles. The molecule has 0 saturated carbocycles. The summed E-state index contributed by atoms with van der Waals surface area (Å²) in [5.41, 5.74) is 1.07. The van der Waals surface area contributed by atoms with Crippen LogP contribution in [0.15, 0.2) is 77.4 Å². The minimum atomic E-state index is -0.678. The van der Waals surface area contributed by atoms with E-state index < -0.39 is 11.9 Å². The molecule has 2 aromatic carbocycles. The van der Waals surface area contributed by atoms with Crippen LogP contribution < -0.4 is 5.32 Å². The topological polar surface area (TPSA) is 79.5 Å². The average molecular weight is 335 g/mol. The molecule has 0 aliphatic rings. The molecule has 5 nitrogen and oxygen atoms in total. The summed E-state index contributed by atoms with van der Waals surface area (Å²) in [4.78, 5) is 25.4. The Morgan fingerprint density at radius 1 is 0.920 bits per heavy atom. The van der Waals surface area contributed by atoms with Crippen molar-refractivity contribution in [2.45, 2.75) is 6.04 Å². The van der Waals surface area contributed by atoms with Gasteiger partial charge in [0.25, 0.3) is 5.91 Å². The molecule has 3 aromatic rings. The number of aliphatic hydroxyl groups is 1. The molecule has 0 fully saturated rings. The van der Waals surface area contributed by atoms with Crippen molar-refractivity contribution in [3.05, 3.63) is 95.4 Å². The number of nitrogens with one attached hydrogen (secondary N) is 1. The van der Waals surface area contributed by atoms with Crippen LogP contribution in [0, 0.1) is 0 Å². The Kier molecular flexibility index (Phi) is 5.06. The van der Waals surface area contributed by atoms with Crippen LogP contribution in [-0.4, -0.2) is 23.4 Å². The Bertz CT molecular complexity index is 856. The zero-order valence-electron chi connectivity index (χ0n) is 13.4. The summed E-state index contributed by atoms with van der Waals surface area (Å²) in [6.45, 7) is -0.311. The van der Waals surface area contributed by atoms with Crippen LogP contribution in [0.3, 0.4) is 0 Å². The lowest BCUT2D eigenvalue weighted by Crippen LogP contribution is -2.31. The molecule has 0 aliphatic heterocycles. The molecule has 1 unspecified atom stereocenters. The molecule has 2 N–H and O–H groups in total. The second kappa shape index (κ2) is 7.59. The van der Waals surface area contributed by atoms with Crippen LogP contribution in [0.4, 0.5) is 0 Å². The van der Waals surface area contributed by atoms with Crippen LogP contribution in [0.1, 0.15) is 38.1 Å². The highest BCUT2D eigenvalue weighted by atomic mass is 16.3. The van der Waals surface area contributed by atoms with Gasteiger partial charge in [-0.25, -0.2) is 0 Å². The molecule has 25 heavy (non-hydrogen) atoms. The predicted octanol–water partition coefficient (Wildman–Crippen LogP) is 2.97. The number of aliphatic hydroxyl groups excluding tert-OH is 1. The Morgan fingerprint density at radius 2 is 1.60 bits per heavy atom. The van der Waals surface area contributed by atoms with Crippen LogP contribution in [-0.2, 0) is 0 Å². The lowest BCUT2D eigenvalue weighted by Gasteiger charge is -2.15. The molecule has 1 atom stereocenters. The van der Waals surface area contributed by atoms with E-state index in [9.17, 15) is 14.7 Å². The lowest BCUT2D eigenvalue weighted by molar-refractivity contribution is 0.0899. The van der Waals surface area contributed by atoms with E-state index in [0.717, 1.165) is 0 Å². The minimum Gasteiger partial charge on any atom is -0.467 e. The van der Waals surface area contributed by atoms with E-state index >= 15 is 0 Å². The van der Waals surface area contributed by atoms with Gasteiger partial charge in [-0.1, -0.05) is 48.5 Å². The molecule has 3 rings (SSSR count). The van der Waals surface area contributed by atoms with Gasteiger partial charge in [0.2, 0.25) is 0 Å². The van der Waals surface area contributed by atoms with Gasteiger partial charge in [0.1, 0.15) is 11.8 Å². The second-order valence-electron chi connectivity index (χ2n) is 5.46. The molecule has 0 saturated heterocycles. The van der Waals surface area contributed by atoms with Gasteiger partial charge in [-0.05, 0) is 18.2 Å². The van der Waals surface area contributed by atoms with Crippen LogP contribution >= 0.6 is 0 Å². The summed E-state index contributed by atoms with van der Waals surface area (Å²) >= 11 is 0. The number of amides is 1. The Balaban J connectivity index is 1.87. The van der Waals surface area contributed by atoms with E-state index in [4.69, 9.17) is 4.42 Å². The highest BCUT2D eigenvalue weighted by molar-refractivity contribution is 6.15. The molecular weight excluding hydrogens is 318 g/mol. The third-order valence-corrected chi connectivity index (χ3v) is 3.83. The quantitative estimate of drug-likeness (QED) is 0.679. The highest BCUT2D eigenvalue weighted by Gasteiger charge is 2.21. The smallest absolute Gasteiger partial charge is 0.252 e. The molecule has 1 heterocycles. The summed E-state index contributed by atoms with van der Waals surface area (Å²) in [5, 5.41) is 12.2. The molecule has 126 valence electrons. The number of furan rings is 1. The standard InChI is InChI=1S/C20H17NO4/c22-13-17(18-11-6-12-25-18)21-20(24)16-10-5-4-9-15(16)19(23)14-7-2-1-3-8-14/h1-12,17,22H,13H2,(H,21,24). The van der Waals surface area contributed by atoms with Crippen molar-refractivity contribution in [3.63, 3.8) is 0 Å². The fraction of sp³-hybridized carbons (Fsp3) is 0.100. The van der Waals surface area contributed by atoms with Crippen molar-refractivity contribution in [1.82, 2.24) is 5.32 Å². The molecule has 5 heteroatoms. The van der Waals surface area contributed by atoms with Gasteiger partial charge < -0.3 is 14.8 Å². The van der Waals surface area contributed by atoms with E-state index in [0.29, 0.717) is 16.9 Å². The van der Waals surface area contributed by atoms with Crippen molar-refractivity contribution < 1.29 is 19.1 Å². The van der Waals surface area contributed by atoms with E-state index in [-0.39, 0.29) is 18.0 Å². The van der Waals surface area contributed by atoms with Crippen molar-refractivity contribution in [1.29, 1.82) is 0 Å². The normalized spacial score (nSPS) is 11.7. The lowest BCUT2D eigenvalue weighted by atomic mass is 9.97. The van der Waals surface area contributed by atoms with Gasteiger partial charge in [-0.3, -0.25) is 9.59 Å². The maximum atomic E-state index is 12.7. The second-order valence-corrected chi connectivity index (χ2v) is 5.46. The van der Waals surface area contributed by atoms with Crippen molar-refractivity contribution in [2.24, 2.45) is 0 Å². The van der Waals surface area contributed by atoms with E-state index in [2.05, 4.69) is 5.32 Å². The predicted molar refractivity (Wildman–Crippen MR) is 92.3 cm³/mol. The maximum Gasteiger partial charge on any atom is 0.252 e. The maximum absolute atomic E-state index is 12.7. The Labute approximate surface area is 144 Å². The van der Waals surface area contributed by atoms with Gasteiger partial charge in [0.05, 0.1) is 18.4 Å². The van der Waals surface area contributed by atoms with Crippen LogP contribution in [0.25, 0.3) is 0 Å². The number of hydrogen-bond donors (Lipinski definition) is 2. The van der Waals surface area contributed by atoms with Gasteiger partial charge in [-0.2, -0.15) is 0 Å². The summed E-state index contributed by atoms with van der Waals surface area (Å²) in [6.07, 6.45) is 1.47. The van der Waals surface area contributed by atoms with Gasteiger partial charge in [-0.15, -0.1) is 0 Å². The van der Waals surface area contributed by atoms with E-state index in [1.54, 1.807) is 60.7 Å². The zero-order valence-corrected chi connectivity index (χ0v) is 13.4. The number of carbonyl (C=O) groups excluding carboxylic acids is 2. The first kappa shape index (κ1) is 16.7. The van der Waals surface area contributed by atoms with Crippen molar-refractivity contribution >= 4 is 11.7 Å². The third-order valence-electron chi connectivity index (χ3n) is 3.83. The molecule has 0 spiro atoms. The Hall–Kier alpha value is -3.18. The van der Waals surface area contributed by atoms with Gasteiger partial charge >= 0.3 is 0 Å². The number of carbonyl (C=O) groups is 2. The minimum absolute atomic E-state index is 0.232. The number of hydrogen-bond acceptors (Lipinski definition) is 4. The summed E-state index contributed by atoms with van der Waals surface area (Å²) in [6, 6.07) is 18.1. The summed E-state index contributed by atoms with van der Waals surface area (Å²) in [5.74, 6) is -0.233. The Morgan fingerprint density at radius 3 is 2.24 bits per heavy atom. The first-order valence-corrected chi connectivity index (χ1v) is 7.84. The van der Waals surface area contributed by atoms with Crippen LogP contribution in [0.5, 0.6) is 0 Å². The highest BCUT2D eigenvalue weighted by Crippen LogP contribution is 2.18. The molecule has 1 aromatic heterocycles. The zero-order chi connectivity index (χ0) is 17.6. The number of rotatable bonds is 6. The van der Waals surface area contributed by atoms with Crippen LogP contribution in [0.2, 0.25) is 0 Å². The van der Waals surface area contributed by atoms with Gasteiger partial charge in [0.15, 0.2) is 5.78 Å². The van der Waals surface area contributed by atoms with Crippen molar-refractivity contribution in [3.8, 4) is 0 Å². The molecular formula is C20H17NO4. The monoisotopic (exact) mass is 335 g/mol. The number of benzene rings is 2. The third kappa shape index (κ3) is 3.67. The van der Waals surface area contributed by atoms with E-state index in [1.165, 1.54) is 6.26 Å². The van der Waals surface area contributed by atoms with Crippen molar-refractivity contribution in [2.75, 3.05) is 6.61 Å². The summed E-state index contributed by atoms with van der Waals surface area (Å²) < 4.78 is 5.23. The number of ketones is 1. The van der Waals surface area contributed by atoms with Gasteiger partial charge in [0, 0.05) is 11.1 Å². The molecule has 0 bridgehead atoms. The molecule has 0 radical (unpaired) electrons. The fourth-order valence-electron chi connectivity index (χ4n) is 2.56. The van der Waals surface area contributed by atoms with E-state index in [1.807, 2.05) is 6.07 Å².